The minimum Gasteiger partial charge on any atom is -0.330 e. The molecule has 0 spiro atoms. The lowest BCUT2D eigenvalue weighted by molar-refractivity contribution is 0.376. The number of benzene rings is 1. The molecule has 0 aromatic heterocycles. The van der Waals surface area contributed by atoms with Crippen molar-refractivity contribution in [1.82, 2.24) is 0 Å². The standard InChI is InChI=1S/C14H21N/c1-14(2,10-15)9-11-4-3-5-13(8-11)12-6-7-12/h3-5,8,12H,6-7,9-10,15H2,1-2H3. The molecule has 0 bridgehead atoms. The highest BCUT2D eigenvalue weighted by Gasteiger charge is 2.24. The van der Waals surface area contributed by atoms with Crippen molar-refractivity contribution in [3.05, 3.63) is 35.4 Å². The third-order valence-corrected chi connectivity index (χ3v) is 3.24. The molecular formula is C14H21N. The van der Waals surface area contributed by atoms with E-state index in [0.29, 0.717) is 0 Å². The second-order valence-corrected chi connectivity index (χ2v) is 5.56. The average Bonchev–Trinajstić information content (AvgIpc) is 3.01. The summed E-state index contributed by atoms with van der Waals surface area (Å²) in [5, 5.41) is 0. The Bertz CT molecular complexity index is 337. The van der Waals surface area contributed by atoms with Crippen molar-refractivity contribution >= 4 is 0 Å². The van der Waals surface area contributed by atoms with E-state index in [4.69, 9.17) is 5.73 Å². The van der Waals surface area contributed by atoms with Crippen molar-refractivity contribution in [2.45, 2.75) is 39.0 Å². The van der Waals surface area contributed by atoms with Gasteiger partial charge in [-0.25, -0.2) is 0 Å². The van der Waals surface area contributed by atoms with Gasteiger partial charge in [0.05, 0.1) is 0 Å². The van der Waals surface area contributed by atoms with Gasteiger partial charge in [0.15, 0.2) is 0 Å². The van der Waals surface area contributed by atoms with Crippen LogP contribution in [0.3, 0.4) is 0 Å². The lowest BCUT2D eigenvalue weighted by Crippen LogP contribution is -2.25. The SMILES string of the molecule is CC(C)(CN)Cc1cccc(C2CC2)c1. The van der Waals surface area contributed by atoms with E-state index in [1.807, 2.05) is 0 Å². The Morgan fingerprint density at radius 1 is 1.33 bits per heavy atom. The molecule has 2 N–H and O–H groups in total. The molecular weight excluding hydrogens is 182 g/mol. The van der Waals surface area contributed by atoms with Gasteiger partial charge in [-0.05, 0) is 48.3 Å². The molecule has 1 aliphatic carbocycles. The van der Waals surface area contributed by atoms with Crippen LogP contribution in [-0.2, 0) is 6.42 Å². The van der Waals surface area contributed by atoms with Crippen LogP contribution in [0.2, 0.25) is 0 Å². The maximum Gasteiger partial charge on any atom is -0.00226 e. The zero-order valence-electron chi connectivity index (χ0n) is 9.79. The van der Waals surface area contributed by atoms with E-state index in [-0.39, 0.29) is 5.41 Å². The number of rotatable bonds is 4. The summed E-state index contributed by atoms with van der Waals surface area (Å²) >= 11 is 0. The van der Waals surface area contributed by atoms with Gasteiger partial charge in [-0.15, -0.1) is 0 Å². The molecule has 0 radical (unpaired) electrons. The van der Waals surface area contributed by atoms with Gasteiger partial charge in [-0.2, -0.15) is 0 Å². The first-order valence-corrected chi connectivity index (χ1v) is 5.90. The fourth-order valence-corrected chi connectivity index (χ4v) is 2.00. The summed E-state index contributed by atoms with van der Waals surface area (Å²) < 4.78 is 0. The summed E-state index contributed by atoms with van der Waals surface area (Å²) in [6.45, 7) is 5.22. The van der Waals surface area contributed by atoms with Crippen molar-refractivity contribution in [3.8, 4) is 0 Å². The molecule has 1 aromatic carbocycles. The first-order valence-electron chi connectivity index (χ1n) is 5.90. The Kier molecular flexibility index (Phi) is 2.83. The number of hydrogen-bond acceptors (Lipinski definition) is 1. The molecule has 0 unspecified atom stereocenters. The Morgan fingerprint density at radius 3 is 2.67 bits per heavy atom. The van der Waals surface area contributed by atoms with Gasteiger partial charge >= 0.3 is 0 Å². The Labute approximate surface area is 92.7 Å². The summed E-state index contributed by atoms with van der Waals surface area (Å²) in [6, 6.07) is 9.05. The minimum atomic E-state index is 0.224. The van der Waals surface area contributed by atoms with Crippen LogP contribution >= 0.6 is 0 Å². The summed E-state index contributed by atoms with van der Waals surface area (Å²) in [5.74, 6) is 0.853. The molecule has 0 atom stereocenters. The first kappa shape index (κ1) is 10.7. The summed E-state index contributed by atoms with van der Waals surface area (Å²) in [7, 11) is 0. The monoisotopic (exact) mass is 203 g/mol. The third kappa shape index (κ3) is 2.82. The minimum absolute atomic E-state index is 0.224. The van der Waals surface area contributed by atoms with Crippen molar-refractivity contribution in [3.63, 3.8) is 0 Å². The van der Waals surface area contributed by atoms with E-state index in [0.717, 1.165) is 18.9 Å². The molecule has 0 amide bonds. The summed E-state index contributed by atoms with van der Waals surface area (Å²) in [6.07, 6.45) is 3.84. The highest BCUT2D eigenvalue weighted by Crippen LogP contribution is 2.40. The summed E-state index contributed by atoms with van der Waals surface area (Å²) in [4.78, 5) is 0. The quantitative estimate of drug-likeness (QED) is 0.799. The third-order valence-electron chi connectivity index (χ3n) is 3.24. The predicted octanol–water partition coefficient (Wildman–Crippen LogP) is 3.09. The molecule has 0 saturated heterocycles. The van der Waals surface area contributed by atoms with Crippen LogP contribution < -0.4 is 5.73 Å². The van der Waals surface area contributed by atoms with Crippen molar-refractivity contribution in [2.24, 2.45) is 11.1 Å². The van der Waals surface area contributed by atoms with Gasteiger partial charge in [0.1, 0.15) is 0 Å². The van der Waals surface area contributed by atoms with Crippen molar-refractivity contribution in [1.29, 1.82) is 0 Å². The van der Waals surface area contributed by atoms with E-state index in [9.17, 15) is 0 Å². The maximum absolute atomic E-state index is 5.76. The van der Waals surface area contributed by atoms with Gasteiger partial charge < -0.3 is 5.73 Å². The van der Waals surface area contributed by atoms with Crippen LogP contribution in [-0.4, -0.2) is 6.54 Å². The first-order chi connectivity index (χ1) is 7.11. The van der Waals surface area contributed by atoms with Crippen molar-refractivity contribution in [2.75, 3.05) is 6.54 Å². The normalized spacial score (nSPS) is 16.7. The number of nitrogens with two attached hydrogens (primary N) is 1. The fraction of sp³-hybridized carbons (Fsp3) is 0.571. The smallest absolute Gasteiger partial charge is 0.00226 e. The Balaban J connectivity index is 2.11. The molecule has 1 aromatic rings. The lowest BCUT2D eigenvalue weighted by Gasteiger charge is -2.22. The highest BCUT2D eigenvalue weighted by molar-refractivity contribution is 5.29. The molecule has 1 aliphatic rings. The maximum atomic E-state index is 5.76. The molecule has 82 valence electrons. The van der Waals surface area contributed by atoms with Crippen LogP contribution in [0.15, 0.2) is 24.3 Å². The lowest BCUT2D eigenvalue weighted by atomic mass is 9.85. The van der Waals surface area contributed by atoms with Gasteiger partial charge in [0, 0.05) is 0 Å². The second-order valence-electron chi connectivity index (χ2n) is 5.56. The van der Waals surface area contributed by atoms with E-state index in [1.54, 1.807) is 0 Å². The predicted molar refractivity (Wildman–Crippen MR) is 65.0 cm³/mol. The summed E-state index contributed by atoms with van der Waals surface area (Å²) in [5.41, 5.74) is 8.96. The molecule has 1 nitrogen and oxygen atoms in total. The highest BCUT2D eigenvalue weighted by atomic mass is 14.6. The zero-order chi connectivity index (χ0) is 10.9. The number of hydrogen-bond donors (Lipinski definition) is 1. The second kappa shape index (κ2) is 3.97. The van der Waals surface area contributed by atoms with Gasteiger partial charge in [-0.3, -0.25) is 0 Å². The van der Waals surface area contributed by atoms with Crippen molar-refractivity contribution < 1.29 is 0 Å². The fourth-order valence-electron chi connectivity index (χ4n) is 2.00. The largest absolute Gasteiger partial charge is 0.330 e. The molecule has 1 fully saturated rings. The topological polar surface area (TPSA) is 26.0 Å². The molecule has 15 heavy (non-hydrogen) atoms. The zero-order valence-corrected chi connectivity index (χ0v) is 9.79. The average molecular weight is 203 g/mol. The van der Waals surface area contributed by atoms with Crippen LogP contribution in [0.25, 0.3) is 0 Å². The van der Waals surface area contributed by atoms with Crippen LogP contribution in [0.4, 0.5) is 0 Å². The molecule has 1 heteroatoms. The molecule has 2 rings (SSSR count). The molecule has 0 heterocycles. The molecule has 1 saturated carbocycles. The van der Waals surface area contributed by atoms with E-state index in [1.165, 1.54) is 24.0 Å². The van der Waals surface area contributed by atoms with Gasteiger partial charge in [-0.1, -0.05) is 38.1 Å². The van der Waals surface area contributed by atoms with Crippen LogP contribution in [0, 0.1) is 5.41 Å². The van der Waals surface area contributed by atoms with Crippen LogP contribution in [0.5, 0.6) is 0 Å². The molecule has 0 aliphatic heterocycles. The Hall–Kier alpha value is -0.820. The van der Waals surface area contributed by atoms with Gasteiger partial charge in [0.25, 0.3) is 0 Å². The van der Waals surface area contributed by atoms with E-state index < -0.39 is 0 Å². The van der Waals surface area contributed by atoms with E-state index in [2.05, 4.69) is 38.1 Å². The van der Waals surface area contributed by atoms with Gasteiger partial charge in [0.2, 0.25) is 0 Å². The Morgan fingerprint density at radius 2 is 2.07 bits per heavy atom. The van der Waals surface area contributed by atoms with E-state index >= 15 is 0 Å². The van der Waals surface area contributed by atoms with Crippen LogP contribution in [0.1, 0.15) is 43.7 Å².